The molecule has 3 rings (SSSR count). The summed E-state index contributed by atoms with van der Waals surface area (Å²) in [5.41, 5.74) is 7.48. The molecule has 0 saturated carbocycles. The molecule has 3 heterocycles. The lowest BCUT2D eigenvalue weighted by atomic mass is 10.2. The monoisotopic (exact) mass is 273 g/mol. The minimum absolute atomic E-state index is 0.305. The van der Waals surface area contributed by atoms with Crippen molar-refractivity contribution in [2.45, 2.75) is 6.92 Å². The van der Waals surface area contributed by atoms with E-state index in [4.69, 9.17) is 15.2 Å². The van der Waals surface area contributed by atoms with Crippen LogP contribution < -0.4 is 20.5 Å². The van der Waals surface area contributed by atoms with Crippen molar-refractivity contribution in [1.29, 1.82) is 0 Å². The topological polar surface area (TPSA) is 95.2 Å². The highest BCUT2D eigenvalue weighted by atomic mass is 16.5. The van der Waals surface area contributed by atoms with Crippen LogP contribution in [-0.2, 0) is 0 Å². The summed E-state index contributed by atoms with van der Waals surface area (Å²) in [6.07, 6.45) is 0. The Morgan fingerprint density at radius 1 is 1.30 bits per heavy atom. The van der Waals surface area contributed by atoms with Gasteiger partial charge in [-0.3, -0.25) is 0 Å². The van der Waals surface area contributed by atoms with Crippen LogP contribution in [-0.4, -0.2) is 35.2 Å². The second-order valence-corrected chi connectivity index (χ2v) is 4.39. The van der Waals surface area contributed by atoms with E-state index in [-0.39, 0.29) is 0 Å². The Morgan fingerprint density at radius 3 is 2.95 bits per heavy atom. The summed E-state index contributed by atoms with van der Waals surface area (Å²) < 4.78 is 10.7. The highest BCUT2D eigenvalue weighted by Crippen LogP contribution is 2.34. The van der Waals surface area contributed by atoms with Gasteiger partial charge in [-0.2, -0.15) is 0 Å². The summed E-state index contributed by atoms with van der Waals surface area (Å²) in [4.78, 5) is 13.0. The number of fused-ring (bicyclic) bond motifs is 1. The van der Waals surface area contributed by atoms with Crippen LogP contribution >= 0.6 is 0 Å². The molecule has 104 valence electrons. The van der Waals surface area contributed by atoms with Crippen molar-refractivity contribution in [3.05, 3.63) is 17.8 Å². The lowest BCUT2D eigenvalue weighted by molar-refractivity contribution is 0.322. The molecular weight excluding hydrogens is 258 g/mol. The number of methoxy groups -OCH3 is 1. The first-order valence-electron chi connectivity index (χ1n) is 6.25. The van der Waals surface area contributed by atoms with E-state index in [9.17, 15) is 0 Å². The van der Waals surface area contributed by atoms with Crippen molar-refractivity contribution in [1.82, 2.24) is 15.0 Å². The number of aromatic nitrogens is 3. The molecule has 7 nitrogen and oxygen atoms in total. The SMILES string of the molecule is COc1nc(C)ccc1-c1nc(N)c2c(n1)NCCO2. The highest BCUT2D eigenvalue weighted by molar-refractivity contribution is 5.71. The Hall–Kier alpha value is -2.57. The Labute approximate surface area is 116 Å². The van der Waals surface area contributed by atoms with Crippen LogP contribution in [0.3, 0.4) is 0 Å². The highest BCUT2D eigenvalue weighted by Gasteiger charge is 2.20. The summed E-state index contributed by atoms with van der Waals surface area (Å²) in [7, 11) is 1.56. The number of nitrogens with two attached hydrogens (primary N) is 1. The second-order valence-electron chi connectivity index (χ2n) is 4.39. The lowest BCUT2D eigenvalue weighted by Gasteiger charge is -2.19. The fourth-order valence-corrected chi connectivity index (χ4v) is 2.03. The molecule has 0 unspecified atom stereocenters. The van der Waals surface area contributed by atoms with Crippen LogP contribution in [0.1, 0.15) is 5.69 Å². The molecule has 0 aromatic carbocycles. The van der Waals surface area contributed by atoms with Gasteiger partial charge in [0.15, 0.2) is 17.5 Å². The smallest absolute Gasteiger partial charge is 0.224 e. The molecule has 1 aliphatic rings. The summed E-state index contributed by atoms with van der Waals surface area (Å²) in [5, 5.41) is 3.15. The van der Waals surface area contributed by atoms with Crippen molar-refractivity contribution >= 4 is 11.6 Å². The number of pyridine rings is 1. The zero-order chi connectivity index (χ0) is 14.1. The molecule has 0 amide bonds. The molecule has 0 saturated heterocycles. The quantitative estimate of drug-likeness (QED) is 0.849. The van der Waals surface area contributed by atoms with Crippen molar-refractivity contribution in [2.24, 2.45) is 0 Å². The summed E-state index contributed by atoms with van der Waals surface area (Å²) >= 11 is 0. The van der Waals surface area contributed by atoms with Gasteiger partial charge >= 0.3 is 0 Å². The average Bonchev–Trinajstić information content (AvgIpc) is 2.47. The molecule has 2 aromatic rings. The standard InChI is InChI=1S/C13H15N5O2/c1-7-3-4-8(13(16-7)19-2)11-17-10(14)9-12(18-11)15-5-6-20-9/h3-4H,5-6H2,1-2H3,(H3,14,15,17,18). The third kappa shape index (κ3) is 2.07. The predicted octanol–water partition coefficient (Wildman–Crippen LogP) is 1.24. The molecule has 7 heteroatoms. The molecule has 0 atom stereocenters. The van der Waals surface area contributed by atoms with Crippen molar-refractivity contribution in [3.63, 3.8) is 0 Å². The summed E-state index contributed by atoms with van der Waals surface area (Å²) in [6, 6.07) is 3.74. The average molecular weight is 273 g/mol. The third-order valence-corrected chi connectivity index (χ3v) is 2.97. The molecule has 0 radical (unpaired) electrons. The number of nitrogen functional groups attached to an aromatic ring is 1. The number of hydrogen-bond donors (Lipinski definition) is 2. The molecule has 0 aliphatic carbocycles. The second kappa shape index (κ2) is 4.84. The predicted molar refractivity (Wildman–Crippen MR) is 74.9 cm³/mol. The molecule has 3 N–H and O–H groups in total. The number of rotatable bonds is 2. The Bertz CT molecular complexity index is 659. The van der Waals surface area contributed by atoms with Gasteiger partial charge in [0.1, 0.15) is 6.61 Å². The molecule has 0 bridgehead atoms. The first-order valence-corrected chi connectivity index (χ1v) is 6.25. The van der Waals surface area contributed by atoms with E-state index >= 15 is 0 Å². The van der Waals surface area contributed by atoms with Crippen molar-refractivity contribution < 1.29 is 9.47 Å². The number of hydrogen-bond acceptors (Lipinski definition) is 7. The van der Waals surface area contributed by atoms with E-state index in [0.717, 1.165) is 5.69 Å². The van der Waals surface area contributed by atoms with E-state index < -0.39 is 0 Å². The van der Waals surface area contributed by atoms with Crippen molar-refractivity contribution in [2.75, 3.05) is 31.3 Å². The number of anilines is 2. The van der Waals surface area contributed by atoms with Crippen LogP contribution in [0.4, 0.5) is 11.6 Å². The number of aryl methyl sites for hydroxylation is 1. The number of nitrogens with one attached hydrogen (secondary N) is 1. The molecule has 0 spiro atoms. The summed E-state index contributed by atoms with van der Waals surface area (Å²) in [5.74, 6) is 2.34. The number of nitrogens with zero attached hydrogens (tertiary/aromatic N) is 3. The number of ether oxygens (including phenoxy) is 2. The fraction of sp³-hybridized carbons (Fsp3) is 0.308. The Kier molecular flexibility index (Phi) is 3.02. The van der Waals surface area contributed by atoms with Gasteiger partial charge in [0.05, 0.1) is 19.2 Å². The first kappa shape index (κ1) is 12.5. The maximum absolute atomic E-state index is 5.92. The lowest BCUT2D eigenvalue weighted by Crippen LogP contribution is -2.21. The molecule has 20 heavy (non-hydrogen) atoms. The van der Waals surface area contributed by atoms with Crippen LogP contribution in [0, 0.1) is 6.92 Å². The molecular formula is C13H15N5O2. The molecule has 1 aliphatic heterocycles. The van der Waals surface area contributed by atoms with E-state index in [0.29, 0.717) is 47.8 Å². The Morgan fingerprint density at radius 2 is 2.15 bits per heavy atom. The summed E-state index contributed by atoms with van der Waals surface area (Å²) in [6.45, 7) is 3.13. The maximum Gasteiger partial charge on any atom is 0.224 e. The van der Waals surface area contributed by atoms with Gasteiger partial charge in [-0.25, -0.2) is 15.0 Å². The first-order chi connectivity index (χ1) is 9.69. The van der Waals surface area contributed by atoms with Crippen molar-refractivity contribution in [3.8, 4) is 23.0 Å². The van der Waals surface area contributed by atoms with E-state index in [1.54, 1.807) is 7.11 Å². The van der Waals surface area contributed by atoms with Gasteiger partial charge in [0.2, 0.25) is 11.6 Å². The minimum atomic E-state index is 0.305. The van der Waals surface area contributed by atoms with Gasteiger partial charge in [-0.05, 0) is 19.1 Å². The largest absolute Gasteiger partial charge is 0.485 e. The van der Waals surface area contributed by atoms with Gasteiger partial charge in [-0.1, -0.05) is 0 Å². The van der Waals surface area contributed by atoms with Crippen LogP contribution in [0.5, 0.6) is 11.6 Å². The van der Waals surface area contributed by atoms with E-state index in [1.807, 2.05) is 19.1 Å². The zero-order valence-electron chi connectivity index (χ0n) is 11.3. The van der Waals surface area contributed by atoms with E-state index in [2.05, 4.69) is 20.3 Å². The van der Waals surface area contributed by atoms with Gasteiger partial charge in [0.25, 0.3) is 0 Å². The fourth-order valence-electron chi connectivity index (χ4n) is 2.03. The van der Waals surface area contributed by atoms with Gasteiger partial charge in [-0.15, -0.1) is 0 Å². The Balaban J connectivity index is 2.13. The minimum Gasteiger partial charge on any atom is -0.485 e. The molecule has 0 fully saturated rings. The van der Waals surface area contributed by atoms with Crippen LogP contribution in [0.15, 0.2) is 12.1 Å². The zero-order valence-corrected chi connectivity index (χ0v) is 11.3. The van der Waals surface area contributed by atoms with Crippen LogP contribution in [0.25, 0.3) is 11.4 Å². The normalized spacial score (nSPS) is 13.1. The van der Waals surface area contributed by atoms with Crippen LogP contribution in [0.2, 0.25) is 0 Å². The van der Waals surface area contributed by atoms with E-state index in [1.165, 1.54) is 0 Å². The van der Waals surface area contributed by atoms with Gasteiger partial charge in [0, 0.05) is 5.69 Å². The third-order valence-electron chi connectivity index (χ3n) is 2.97. The maximum atomic E-state index is 5.92. The van der Waals surface area contributed by atoms with Gasteiger partial charge < -0.3 is 20.5 Å². The molecule has 2 aromatic heterocycles.